The molecule has 2 heterocycles. The lowest BCUT2D eigenvalue weighted by Gasteiger charge is -1.98. The molecule has 0 saturated carbocycles. The number of benzene rings is 1. The molecule has 22 heavy (non-hydrogen) atoms. The van der Waals surface area contributed by atoms with Gasteiger partial charge in [-0.3, -0.25) is 4.79 Å². The first-order chi connectivity index (χ1) is 10.6. The number of hydrogen-bond acceptors (Lipinski definition) is 6. The van der Waals surface area contributed by atoms with Gasteiger partial charge in [0.05, 0.1) is 17.7 Å². The highest BCUT2D eigenvalue weighted by molar-refractivity contribution is 7.13. The van der Waals surface area contributed by atoms with Gasteiger partial charge in [-0.15, -0.1) is 11.3 Å². The van der Waals surface area contributed by atoms with Crippen LogP contribution < -0.4 is 5.32 Å². The van der Waals surface area contributed by atoms with E-state index in [0.29, 0.717) is 21.6 Å². The van der Waals surface area contributed by atoms with Crippen LogP contribution in [-0.2, 0) is 6.54 Å². The first-order valence-corrected chi connectivity index (χ1v) is 7.60. The number of thiazole rings is 1. The van der Waals surface area contributed by atoms with Crippen molar-refractivity contribution in [2.24, 2.45) is 0 Å². The molecule has 0 atom stereocenters. The third kappa shape index (κ3) is 3.32. The van der Waals surface area contributed by atoms with Crippen LogP contribution in [0.5, 0.6) is 0 Å². The van der Waals surface area contributed by atoms with Gasteiger partial charge in [-0.1, -0.05) is 16.8 Å². The van der Waals surface area contributed by atoms with Gasteiger partial charge in [-0.05, 0) is 31.2 Å². The summed E-state index contributed by atoms with van der Waals surface area (Å²) in [7, 11) is 0. The molecule has 6 nitrogen and oxygen atoms in total. The molecule has 1 aromatic carbocycles. The van der Waals surface area contributed by atoms with Crippen LogP contribution in [0, 0.1) is 6.92 Å². The van der Waals surface area contributed by atoms with Gasteiger partial charge in [0.1, 0.15) is 4.88 Å². The highest BCUT2D eigenvalue weighted by Gasteiger charge is 2.12. The van der Waals surface area contributed by atoms with E-state index < -0.39 is 0 Å². The number of rotatable bonds is 4. The van der Waals surface area contributed by atoms with Crippen LogP contribution in [0.3, 0.4) is 0 Å². The molecular weight excluding hydrogens is 324 g/mol. The van der Waals surface area contributed by atoms with Gasteiger partial charge in [-0.25, -0.2) is 4.98 Å². The number of hydrogen-bond donors (Lipinski definition) is 1. The molecule has 0 spiro atoms. The van der Waals surface area contributed by atoms with Gasteiger partial charge >= 0.3 is 0 Å². The molecule has 3 aromatic rings. The number of nitrogens with zero attached hydrogens (tertiary/aromatic N) is 3. The van der Waals surface area contributed by atoms with Crippen LogP contribution >= 0.6 is 22.9 Å². The molecule has 0 aliphatic heterocycles. The first-order valence-electron chi connectivity index (χ1n) is 6.41. The summed E-state index contributed by atoms with van der Waals surface area (Å²) in [6, 6.07) is 7.10. The molecule has 0 unspecified atom stereocenters. The van der Waals surface area contributed by atoms with Crippen molar-refractivity contribution in [1.82, 2.24) is 20.4 Å². The van der Waals surface area contributed by atoms with E-state index in [9.17, 15) is 4.79 Å². The molecule has 0 fully saturated rings. The zero-order chi connectivity index (χ0) is 15.5. The monoisotopic (exact) mass is 334 g/mol. The number of halogens is 1. The van der Waals surface area contributed by atoms with Gasteiger partial charge < -0.3 is 9.84 Å². The van der Waals surface area contributed by atoms with Crippen molar-refractivity contribution in [3.8, 4) is 11.4 Å². The molecule has 8 heteroatoms. The Labute approximate surface area is 135 Å². The number of carbonyl (C=O) groups is 1. The highest BCUT2D eigenvalue weighted by Crippen LogP contribution is 2.18. The molecule has 1 amide bonds. The smallest absolute Gasteiger partial charge is 0.263 e. The fourth-order valence-electron chi connectivity index (χ4n) is 1.75. The van der Waals surface area contributed by atoms with Gasteiger partial charge in [0.15, 0.2) is 0 Å². The van der Waals surface area contributed by atoms with Crippen LogP contribution in [0.1, 0.15) is 20.6 Å². The number of nitrogens with one attached hydrogen (secondary N) is 1. The Morgan fingerprint density at radius 2 is 2.14 bits per heavy atom. The predicted molar refractivity (Wildman–Crippen MR) is 82.8 cm³/mol. The van der Waals surface area contributed by atoms with Crippen molar-refractivity contribution >= 4 is 28.8 Å². The van der Waals surface area contributed by atoms with Crippen molar-refractivity contribution in [3.05, 3.63) is 51.3 Å². The van der Waals surface area contributed by atoms with Gasteiger partial charge in [-0.2, -0.15) is 4.98 Å². The maximum absolute atomic E-state index is 11.9. The molecule has 0 aliphatic rings. The van der Waals surface area contributed by atoms with Gasteiger partial charge in [0.25, 0.3) is 5.91 Å². The Kier molecular flexibility index (Phi) is 4.17. The number of carbonyl (C=O) groups excluding carboxylic acids is 1. The maximum Gasteiger partial charge on any atom is 0.263 e. The zero-order valence-electron chi connectivity index (χ0n) is 11.5. The van der Waals surface area contributed by atoms with Crippen LogP contribution in [0.25, 0.3) is 11.4 Å². The quantitative estimate of drug-likeness (QED) is 0.793. The van der Waals surface area contributed by atoms with Crippen LogP contribution in [-0.4, -0.2) is 21.0 Å². The largest absolute Gasteiger partial charge is 0.342 e. The Hall–Kier alpha value is -2.25. The standard InChI is InChI=1S/C14H11ClN4O2S/c1-8-16-6-11(22-8)14(20)17-7-12-18-13(19-21-12)9-2-4-10(15)5-3-9/h2-6H,7H2,1H3,(H,17,20). The minimum Gasteiger partial charge on any atom is -0.342 e. The Morgan fingerprint density at radius 1 is 1.36 bits per heavy atom. The zero-order valence-corrected chi connectivity index (χ0v) is 13.1. The van der Waals surface area contributed by atoms with E-state index in [-0.39, 0.29) is 12.5 Å². The number of amides is 1. The summed E-state index contributed by atoms with van der Waals surface area (Å²) < 4.78 is 5.12. The summed E-state index contributed by atoms with van der Waals surface area (Å²) >= 11 is 7.17. The second-order valence-electron chi connectivity index (χ2n) is 4.44. The Morgan fingerprint density at radius 3 is 2.82 bits per heavy atom. The normalized spacial score (nSPS) is 10.6. The second kappa shape index (κ2) is 6.25. The minimum atomic E-state index is -0.211. The van der Waals surface area contributed by atoms with Gasteiger partial charge in [0.2, 0.25) is 11.7 Å². The minimum absolute atomic E-state index is 0.163. The number of aromatic nitrogens is 3. The third-order valence-electron chi connectivity index (χ3n) is 2.82. The molecule has 0 radical (unpaired) electrons. The average Bonchev–Trinajstić information content (AvgIpc) is 3.15. The Bertz CT molecular complexity index is 797. The van der Waals surface area contributed by atoms with Crippen molar-refractivity contribution < 1.29 is 9.32 Å². The van der Waals surface area contributed by atoms with Crippen molar-refractivity contribution in [1.29, 1.82) is 0 Å². The molecule has 112 valence electrons. The molecule has 0 saturated heterocycles. The molecule has 2 aromatic heterocycles. The average molecular weight is 335 g/mol. The molecule has 0 aliphatic carbocycles. The van der Waals surface area contributed by atoms with E-state index in [4.69, 9.17) is 16.1 Å². The summed E-state index contributed by atoms with van der Waals surface area (Å²) in [5, 5.41) is 8.08. The molecule has 3 rings (SSSR count). The summed E-state index contributed by atoms with van der Waals surface area (Å²) in [6.07, 6.45) is 1.54. The fourth-order valence-corrected chi connectivity index (χ4v) is 2.57. The topological polar surface area (TPSA) is 80.9 Å². The summed E-state index contributed by atoms with van der Waals surface area (Å²) in [5.74, 6) is 0.575. The van der Waals surface area contributed by atoms with Crippen LogP contribution in [0.15, 0.2) is 35.0 Å². The van der Waals surface area contributed by atoms with E-state index in [0.717, 1.165) is 10.6 Å². The lowest BCUT2D eigenvalue weighted by atomic mass is 10.2. The second-order valence-corrected chi connectivity index (χ2v) is 6.12. The van der Waals surface area contributed by atoms with E-state index in [1.54, 1.807) is 30.5 Å². The Balaban J connectivity index is 1.64. The van der Waals surface area contributed by atoms with Crippen LogP contribution in [0.4, 0.5) is 0 Å². The SMILES string of the molecule is Cc1ncc(C(=O)NCc2nc(-c3ccc(Cl)cc3)no2)s1. The summed E-state index contributed by atoms with van der Waals surface area (Å²) in [5.41, 5.74) is 0.795. The van der Waals surface area contributed by atoms with Crippen LogP contribution in [0.2, 0.25) is 5.02 Å². The van der Waals surface area contributed by atoms with Crippen molar-refractivity contribution in [2.45, 2.75) is 13.5 Å². The van der Waals surface area contributed by atoms with Crippen molar-refractivity contribution in [3.63, 3.8) is 0 Å². The first kappa shape index (κ1) is 14.7. The lowest BCUT2D eigenvalue weighted by molar-refractivity contribution is 0.0950. The summed E-state index contributed by atoms with van der Waals surface area (Å²) in [4.78, 5) is 20.7. The summed E-state index contributed by atoms with van der Waals surface area (Å²) in [6.45, 7) is 2.01. The van der Waals surface area contributed by atoms with E-state index in [1.165, 1.54) is 11.3 Å². The highest BCUT2D eigenvalue weighted by atomic mass is 35.5. The molecular formula is C14H11ClN4O2S. The predicted octanol–water partition coefficient (Wildman–Crippen LogP) is 3.08. The van der Waals surface area contributed by atoms with Gasteiger partial charge in [0, 0.05) is 10.6 Å². The lowest BCUT2D eigenvalue weighted by Crippen LogP contribution is -2.21. The molecule has 1 N–H and O–H groups in total. The van der Waals surface area contributed by atoms with Crippen molar-refractivity contribution in [2.75, 3.05) is 0 Å². The maximum atomic E-state index is 11.9. The van der Waals surface area contributed by atoms with E-state index in [2.05, 4.69) is 20.4 Å². The molecule has 0 bridgehead atoms. The van der Waals surface area contributed by atoms with E-state index in [1.807, 2.05) is 6.92 Å². The number of aryl methyl sites for hydroxylation is 1. The third-order valence-corrected chi connectivity index (χ3v) is 3.98. The van der Waals surface area contributed by atoms with E-state index >= 15 is 0 Å². The fraction of sp³-hybridized carbons (Fsp3) is 0.143.